The van der Waals surface area contributed by atoms with Crippen molar-refractivity contribution in [2.45, 2.75) is 32.5 Å². The molecule has 1 aromatic heterocycles. The van der Waals surface area contributed by atoms with Gasteiger partial charge in [-0.15, -0.1) is 0 Å². The lowest BCUT2D eigenvalue weighted by atomic mass is 9.94. The van der Waals surface area contributed by atoms with E-state index in [0.717, 1.165) is 5.56 Å². The second-order valence-corrected chi connectivity index (χ2v) is 9.46. The van der Waals surface area contributed by atoms with E-state index in [2.05, 4.69) is 0 Å². The number of fused-ring (bicyclic) bond motifs is 1. The zero-order valence-electron chi connectivity index (χ0n) is 22.1. The molecule has 0 saturated heterocycles. The summed E-state index contributed by atoms with van der Waals surface area (Å²) < 4.78 is 22.5. The monoisotopic (exact) mass is 527 g/mol. The smallest absolute Gasteiger partial charge is 0.290 e. The molecule has 39 heavy (non-hydrogen) atoms. The third-order valence-electron chi connectivity index (χ3n) is 6.60. The fourth-order valence-electron chi connectivity index (χ4n) is 4.85. The summed E-state index contributed by atoms with van der Waals surface area (Å²) >= 11 is 0. The van der Waals surface area contributed by atoms with Gasteiger partial charge in [-0.3, -0.25) is 9.59 Å². The summed E-state index contributed by atoms with van der Waals surface area (Å²) in [4.78, 5) is 28.8. The molecule has 0 aliphatic carbocycles. The maximum Gasteiger partial charge on any atom is 0.290 e. The number of carbonyl (C=O) groups excluding carboxylic acids is 2. The van der Waals surface area contributed by atoms with Gasteiger partial charge in [0.15, 0.2) is 22.9 Å². The summed E-state index contributed by atoms with van der Waals surface area (Å²) in [6.45, 7) is 3.96. The Labute approximate surface area is 226 Å². The van der Waals surface area contributed by atoms with Crippen LogP contribution < -0.4 is 14.2 Å². The van der Waals surface area contributed by atoms with Gasteiger partial charge in [0.2, 0.25) is 5.78 Å². The Kier molecular flexibility index (Phi) is 7.02. The number of ether oxygens (including phenoxy) is 3. The first-order valence-corrected chi connectivity index (χ1v) is 12.6. The Morgan fingerprint density at radius 3 is 2.36 bits per heavy atom. The Morgan fingerprint density at radius 2 is 1.67 bits per heavy atom. The van der Waals surface area contributed by atoms with E-state index in [1.165, 1.54) is 12.0 Å². The van der Waals surface area contributed by atoms with E-state index in [0.29, 0.717) is 33.8 Å². The molecule has 0 fully saturated rings. The molecule has 8 heteroatoms. The van der Waals surface area contributed by atoms with E-state index >= 15 is 0 Å². The third kappa shape index (κ3) is 4.81. The molecule has 5 rings (SSSR count). The molecule has 1 amide bonds. The van der Waals surface area contributed by atoms with Crippen LogP contribution in [-0.4, -0.2) is 42.0 Å². The number of hydrogen-bond donors (Lipinski definition) is 1. The van der Waals surface area contributed by atoms with Gasteiger partial charge in [-0.25, -0.2) is 0 Å². The normalized spacial score (nSPS) is 15.4. The quantitative estimate of drug-likeness (QED) is 0.266. The second-order valence-electron chi connectivity index (χ2n) is 9.46. The predicted octanol–water partition coefficient (Wildman–Crippen LogP) is 6.02. The standard InChI is InChI=1S/C31H29NO7/c1-18(2)38-22-14-12-19(13-15-22)27-26(28(33)25-16-20-9-7-11-24(37-4)30(20)39-25)29(34)31(35)32(27)17-21-8-5-6-10-23(21)36-3/h5-16,18,27,34H,17H2,1-4H3. The van der Waals surface area contributed by atoms with E-state index in [1.54, 1.807) is 61.7 Å². The zero-order valence-corrected chi connectivity index (χ0v) is 22.1. The molecule has 0 spiro atoms. The van der Waals surface area contributed by atoms with Crippen LogP contribution in [0.1, 0.15) is 41.6 Å². The van der Waals surface area contributed by atoms with E-state index in [9.17, 15) is 14.7 Å². The number of furan rings is 1. The number of methoxy groups -OCH3 is 2. The summed E-state index contributed by atoms with van der Waals surface area (Å²) in [7, 11) is 3.07. The number of benzene rings is 3. The molecule has 1 aliphatic rings. The van der Waals surface area contributed by atoms with Crippen LogP contribution in [0.5, 0.6) is 17.2 Å². The van der Waals surface area contributed by atoms with E-state index < -0.39 is 23.5 Å². The van der Waals surface area contributed by atoms with Crippen molar-refractivity contribution in [1.29, 1.82) is 0 Å². The van der Waals surface area contributed by atoms with Crippen molar-refractivity contribution in [3.8, 4) is 17.2 Å². The number of amides is 1. The number of aliphatic hydroxyl groups excluding tert-OH is 1. The Bertz CT molecular complexity index is 1570. The van der Waals surface area contributed by atoms with Crippen molar-refractivity contribution in [3.63, 3.8) is 0 Å². The van der Waals surface area contributed by atoms with Crippen LogP contribution >= 0.6 is 0 Å². The van der Waals surface area contributed by atoms with Crippen LogP contribution in [-0.2, 0) is 11.3 Å². The number of Topliss-reactive ketones (excluding diaryl/α,β-unsaturated/α-hetero) is 1. The maximum absolute atomic E-state index is 13.9. The fraction of sp³-hybridized carbons (Fsp3) is 0.226. The van der Waals surface area contributed by atoms with Gasteiger partial charge in [-0.1, -0.05) is 42.5 Å². The van der Waals surface area contributed by atoms with Gasteiger partial charge in [0.25, 0.3) is 5.91 Å². The van der Waals surface area contributed by atoms with Crippen LogP contribution in [0.15, 0.2) is 88.5 Å². The molecular weight excluding hydrogens is 498 g/mol. The summed E-state index contributed by atoms with van der Waals surface area (Å²) in [6, 6.07) is 20.5. The Balaban J connectivity index is 1.59. The summed E-state index contributed by atoms with van der Waals surface area (Å²) in [6.07, 6.45) is -0.0166. The maximum atomic E-state index is 13.9. The molecule has 8 nitrogen and oxygen atoms in total. The van der Waals surface area contributed by atoms with Crippen LogP contribution in [0.4, 0.5) is 0 Å². The largest absolute Gasteiger partial charge is 0.503 e. The first kappa shape index (κ1) is 25.9. The topological polar surface area (TPSA) is 98.4 Å². The molecule has 0 radical (unpaired) electrons. The number of aliphatic hydroxyl groups is 1. The van der Waals surface area contributed by atoms with E-state index in [1.807, 2.05) is 32.0 Å². The van der Waals surface area contributed by atoms with Crippen LogP contribution in [0.2, 0.25) is 0 Å². The lowest BCUT2D eigenvalue weighted by Crippen LogP contribution is -2.30. The van der Waals surface area contributed by atoms with Gasteiger partial charge in [0.1, 0.15) is 11.5 Å². The molecule has 1 aliphatic heterocycles. The second kappa shape index (κ2) is 10.6. The van der Waals surface area contributed by atoms with Gasteiger partial charge < -0.3 is 28.6 Å². The molecule has 3 aromatic carbocycles. The molecule has 0 saturated carbocycles. The average Bonchev–Trinajstić information content (AvgIpc) is 3.48. The van der Waals surface area contributed by atoms with Gasteiger partial charge in [0, 0.05) is 10.9 Å². The van der Waals surface area contributed by atoms with Crippen molar-refractivity contribution in [2.24, 2.45) is 0 Å². The van der Waals surface area contributed by atoms with Crippen molar-refractivity contribution in [3.05, 3.63) is 101 Å². The Morgan fingerprint density at radius 1 is 0.974 bits per heavy atom. The van der Waals surface area contributed by atoms with Crippen molar-refractivity contribution in [2.75, 3.05) is 14.2 Å². The van der Waals surface area contributed by atoms with Gasteiger partial charge in [-0.2, -0.15) is 0 Å². The predicted molar refractivity (Wildman–Crippen MR) is 145 cm³/mol. The highest BCUT2D eigenvalue weighted by Crippen LogP contribution is 2.42. The summed E-state index contributed by atoms with van der Waals surface area (Å²) in [5, 5.41) is 11.8. The average molecular weight is 528 g/mol. The van der Waals surface area contributed by atoms with Crippen molar-refractivity contribution in [1.82, 2.24) is 4.90 Å². The minimum Gasteiger partial charge on any atom is -0.503 e. The fourth-order valence-corrected chi connectivity index (χ4v) is 4.85. The third-order valence-corrected chi connectivity index (χ3v) is 6.60. The summed E-state index contributed by atoms with van der Waals surface area (Å²) in [5.74, 6) is -0.155. The molecular formula is C31H29NO7. The SMILES string of the molecule is COc1ccccc1CN1C(=O)C(O)=C(C(=O)c2cc3cccc(OC)c3o2)C1c1ccc(OC(C)C)cc1. The van der Waals surface area contributed by atoms with Gasteiger partial charge >= 0.3 is 0 Å². The highest BCUT2D eigenvalue weighted by atomic mass is 16.5. The molecule has 0 bridgehead atoms. The molecule has 4 aromatic rings. The molecule has 1 unspecified atom stereocenters. The van der Waals surface area contributed by atoms with E-state index in [4.69, 9.17) is 18.6 Å². The first-order chi connectivity index (χ1) is 18.8. The van der Waals surface area contributed by atoms with Crippen LogP contribution in [0.25, 0.3) is 11.0 Å². The number of rotatable bonds is 9. The zero-order chi connectivity index (χ0) is 27.7. The number of ketones is 1. The minimum atomic E-state index is -0.877. The molecule has 2 heterocycles. The highest BCUT2D eigenvalue weighted by Gasteiger charge is 2.45. The first-order valence-electron chi connectivity index (χ1n) is 12.6. The van der Waals surface area contributed by atoms with Crippen molar-refractivity contribution >= 4 is 22.7 Å². The van der Waals surface area contributed by atoms with Crippen LogP contribution in [0.3, 0.4) is 0 Å². The van der Waals surface area contributed by atoms with Crippen LogP contribution in [0, 0.1) is 0 Å². The summed E-state index contributed by atoms with van der Waals surface area (Å²) in [5.41, 5.74) is 1.71. The molecule has 1 atom stereocenters. The molecule has 1 N–H and O–H groups in total. The highest BCUT2D eigenvalue weighted by molar-refractivity contribution is 6.16. The Hall–Kier alpha value is -4.72. The lowest BCUT2D eigenvalue weighted by molar-refractivity contribution is -0.130. The lowest BCUT2D eigenvalue weighted by Gasteiger charge is -2.27. The molecule has 200 valence electrons. The van der Waals surface area contributed by atoms with Gasteiger partial charge in [-0.05, 0) is 49.7 Å². The van der Waals surface area contributed by atoms with Crippen molar-refractivity contribution < 1.29 is 33.3 Å². The minimum absolute atomic E-state index is 0.00671. The van der Waals surface area contributed by atoms with E-state index in [-0.39, 0.29) is 24.0 Å². The number of para-hydroxylation sites is 2. The number of hydrogen-bond acceptors (Lipinski definition) is 7. The number of nitrogens with zero attached hydrogens (tertiary/aromatic N) is 1. The van der Waals surface area contributed by atoms with Gasteiger partial charge in [0.05, 0.1) is 38.5 Å². The number of carbonyl (C=O) groups is 2.